The van der Waals surface area contributed by atoms with Crippen LogP contribution in [0.2, 0.25) is 0 Å². The third-order valence-electron chi connectivity index (χ3n) is 4.88. The summed E-state index contributed by atoms with van der Waals surface area (Å²) in [5, 5.41) is 3.55. The number of sulfone groups is 1. The summed E-state index contributed by atoms with van der Waals surface area (Å²) in [5.74, 6) is 1.05. The van der Waals surface area contributed by atoms with Crippen molar-refractivity contribution in [2.45, 2.75) is 56.7 Å². The molecular formula is C15H29NO3S. The fourth-order valence-corrected chi connectivity index (χ4v) is 4.95. The summed E-state index contributed by atoms with van der Waals surface area (Å²) in [6.45, 7) is 4.88. The highest BCUT2D eigenvalue weighted by Crippen LogP contribution is 2.35. The molecule has 4 unspecified atom stereocenters. The van der Waals surface area contributed by atoms with Gasteiger partial charge < -0.3 is 10.1 Å². The molecule has 20 heavy (non-hydrogen) atoms. The second-order valence-electron chi connectivity index (χ2n) is 6.48. The first kappa shape index (κ1) is 16.2. The van der Waals surface area contributed by atoms with Gasteiger partial charge in [0.15, 0.2) is 0 Å². The maximum atomic E-state index is 11.8. The molecule has 0 spiro atoms. The Balaban J connectivity index is 2.03. The van der Waals surface area contributed by atoms with Crippen molar-refractivity contribution in [3.05, 3.63) is 0 Å². The quantitative estimate of drug-likeness (QED) is 0.815. The van der Waals surface area contributed by atoms with Gasteiger partial charge in [0.25, 0.3) is 0 Å². The largest absolute Gasteiger partial charge is 0.381 e. The van der Waals surface area contributed by atoms with Crippen LogP contribution in [0.25, 0.3) is 0 Å². The molecule has 4 atom stereocenters. The monoisotopic (exact) mass is 303 g/mol. The highest BCUT2D eigenvalue weighted by atomic mass is 32.2. The topological polar surface area (TPSA) is 55.4 Å². The predicted molar refractivity (Wildman–Crippen MR) is 81.6 cm³/mol. The van der Waals surface area contributed by atoms with Crippen LogP contribution in [0.1, 0.15) is 45.4 Å². The lowest BCUT2D eigenvalue weighted by Crippen LogP contribution is -2.46. The highest BCUT2D eigenvalue weighted by Gasteiger charge is 2.37. The van der Waals surface area contributed by atoms with E-state index in [1.54, 1.807) is 0 Å². The molecule has 2 aliphatic rings. The molecule has 0 bridgehead atoms. The Kier molecular flexibility index (Phi) is 5.87. The molecule has 0 radical (unpaired) electrons. The van der Waals surface area contributed by atoms with Crippen LogP contribution < -0.4 is 5.32 Å². The molecule has 0 aromatic rings. The SMILES string of the molecule is CCCNC(C1CCOC1)C1CCCC(S(C)(=O)=O)C1. The molecule has 0 amide bonds. The Morgan fingerprint density at radius 2 is 2.05 bits per heavy atom. The number of hydrogen-bond acceptors (Lipinski definition) is 4. The van der Waals surface area contributed by atoms with Crippen molar-refractivity contribution in [3.63, 3.8) is 0 Å². The Labute approximate surface area is 123 Å². The van der Waals surface area contributed by atoms with E-state index in [0.717, 1.165) is 58.3 Å². The van der Waals surface area contributed by atoms with E-state index in [2.05, 4.69) is 12.2 Å². The van der Waals surface area contributed by atoms with Crippen molar-refractivity contribution in [1.29, 1.82) is 0 Å². The van der Waals surface area contributed by atoms with Gasteiger partial charge in [-0.15, -0.1) is 0 Å². The molecule has 1 N–H and O–H groups in total. The van der Waals surface area contributed by atoms with Crippen molar-refractivity contribution in [3.8, 4) is 0 Å². The van der Waals surface area contributed by atoms with Crippen molar-refractivity contribution < 1.29 is 13.2 Å². The van der Waals surface area contributed by atoms with Gasteiger partial charge in [-0.3, -0.25) is 0 Å². The van der Waals surface area contributed by atoms with Crippen LogP contribution >= 0.6 is 0 Å². The lowest BCUT2D eigenvalue weighted by atomic mass is 9.78. The standard InChI is InChI=1S/C15H29NO3S/c1-3-8-16-15(13-7-9-19-11-13)12-5-4-6-14(10-12)20(2,17)18/h12-16H,3-11H2,1-2H3. The lowest BCUT2D eigenvalue weighted by Gasteiger charge is -2.37. The summed E-state index contributed by atoms with van der Waals surface area (Å²) in [6.07, 6.45) is 7.50. The Bertz CT molecular complexity index is 390. The second kappa shape index (κ2) is 7.23. The van der Waals surface area contributed by atoms with Crippen LogP contribution in [0.5, 0.6) is 0 Å². The Hall–Kier alpha value is -0.130. The van der Waals surface area contributed by atoms with E-state index >= 15 is 0 Å². The van der Waals surface area contributed by atoms with Gasteiger partial charge in [0.2, 0.25) is 0 Å². The van der Waals surface area contributed by atoms with Gasteiger partial charge in [0, 0.05) is 24.8 Å². The van der Waals surface area contributed by atoms with Gasteiger partial charge >= 0.3 is 0 Å². The van der Waals surface area contributed by atoms with Crippen LogP contribution in [0.3, 0.4) is 0 Å². The maximum Gasteiger partial charge on any atom is 0.150 e. The molecule has 1 heterocycles. The molecular weight excluding hydrogens is 274 g/mol. The van der Waals surface area contributed by atoms with E-state index in [1.807, 2.05) is 0 Å². The molecule has 4 nitrogen and oxygen atoms in total. The number of nitrogens with one attached hydrogen (secondary N) is 1. The summed E-state index contributed by atoms with van der Waals surface area (Å²) in [4.78, 5) is 0. The summed E-state index contributed by atoms with van der Waals surface area (Å²) >= 11 is 0. The van der Waals surface area contributed by atoms with Crippen LogP contribution in [-0.2, 0) is 14.6 Å². The van der Waals surface area contributed by atoms with Crippen LogP contribution in [-0.4, -0.2) is 45.7 Å². The van der Waals surface area contributed by atoms with Crippen molar-refractivity contribution in [1.82, 2.24) is 5.32 Å². The second-order valence-corrected chi connectivity index (χ2v) is 8.81. The average molecular weight is 303 g/mol. The zero-order valence-electron chi connectivity index (χ0n) is 12.8. The van der Waals surface area contributed by atoms with Gasteiger partial charge in [0.1, 0.15) is 9.84 Å². The van der Waals surface area contributed by atoms with Gasteiger partial charge in [-0.05, 0) is 44.6 Å². The van der Waals surface area contributed by atoms with E-state index in [9.17, 15) is 8.42 Å². The first-order valence-electron chi connectivity index (χ1n) is 8.02. The number of rotatable bonds is 6. The van der Waals surface area contributed by atoms with Gasteiger partial charge in [-0.25, -0.2) is 8.42 Å². The molecule has 118 valence electrons. The van der Waals surface area contributed by atoms with E-state index in [1.165, 1.54) is 6.26 Å². The molecule has 5 heteroatoms. The zero-order valence-corrected chi connectivity index (χ0v) is 13.6. The molecule has 1 aliphatic carbocycles. The Morgan fingerprint density at radius 3 is 2.65 bits per heavy atom. The van der Waals surface area contributed by atoms with E-state index in [4.69, 9.17) is 4.74 Å². The molecule has 2 fully saturated rings. The first-order chi connectivity index (χ1) is 9.52. The van der Waals surface area contributed by atoms with Crippen molar-refractivity contribution >= 4 is 9.84 Å². The molecule has 2 rings (SSSR count). The van der Waals surface area contributed by atoms with Crippen LogP contribution in [0.4, 0.5) is 0 Å². The van der Waals surface area contributed by atoms with Gasteiger partial charge in [-0.2, -0.15) is 0 Å². The summed E-state index contributed by atoms with van der Waals surface area (Å²) in [7, 11) is -2.90. The van der Waals surface area contributed by atoms with Gasteiger partial charge in [0.05, 0.1) is 11.9 Å². The van der Waals surface area contributed by atoms with Crippen molar-refractivity contribution in [2.75, 3.05) is 26.0 Å². The van der Waals surface area contributed by atoms with Crippen LogP contribution in [0, 0.1) is 11.8 Å². The fourth-order valence-electron chi connectivity index (χ4n) is 3.76. The molecule has 1 saturated carbocycles. The van der Waals surface area contributed by atoms with Crippen LogP contribution in [0.15, 0.2) is 0 Å². The van der Waals surface area contributed by atoms with Crippen molar-refractivity contribution in [2.24, 2.45) is 11.8 Å². The predicted octanol–water partition coefficient (Wildman–Crippen LogP) is 1.99. The normalized spacial score (nSPS) is 33.2. The van der Waals surface area contributed by atoms with Gasteiger partial charge in [-0.1, -0.05) is 13.3 Å². The molecule has 0 aromatic heterocycles. The minimum Gasteiger partial charge on any atom is -0.381 e. The summed E-state index contributed by atoms with van der Waals surface area (Å²) < 4.78 is 29.2. The highest BCUT2D eigenvalue weighted by molar-refractivity contribution is 7.91. The smallest absolute Gasteiger partial charge is 0.150 e. The minimum absolute atomic E-state index is 0.130. The maximum absolute atomic E-state index is 11.8. The minimum atomic E-state index is -2.90. The average Bonchev–Trinajstić information content (AvgIpc) is 2.92. The Morgan fingerprint density at radius 1 is 1.25 bits per heavy atom. The van der Waals surface area contributed by atoms with E-state index in [-0.39, 0.29) is 5.25 Å². The fraction of sp³-hybridized carbons (Fsp3) is 1.00. The molecule has 1 saturated heterocycles. The van der Waals surface area contributed by atoms with E-state index in [0.29, 0.717) is 17.9 Å². The van der Waals surface area contributed by atoms with E-state index < -0.39 is 9.84 Å². The number of hydrogen-bond donors (Lipinski definition) is 1. The first-order valence-corrected chi connectivity index (χ1v) is 9.97. The zero-order chi connectivity index (χ0) is 14.6. The summed E-state index contributed by atoms with van der Waals surface area (Å²) in [6, 6.07) is 0.432. The molecule has 0 aromatic carbocycles. The molecule has 1 aliphatic heterocycles. The third-order valence-corrected chi connectivity index (χ3v) is 6.52. The number of ether oxygens (including phenoxy) is 1. The summed E-state index contributed by atoms with van der Waals surface area (Å²) in [5.41, 5.74) is 0. The third kappa shape index (κ3) is 4.18. The lowest BCUT2D eigenvalue weighted by molar-refractivity contribution is 0.153.